The molecule has 132 valence electrons. The number of nitrogens with zero attached hydrogens (tertiary/aromatic N) is 1. The fourth-order valence-electron chi connectivity index (χ4n) is 3.20. The number of benzene rings is 2. The predicted octanol–water partition coefficient (Wildman–Crippen LogP) is 4.39. The number of halogens is 3. The summed E-state index contributed by atoms with van der Waals surface area (Å²) in [7, 11) is 0. The lowest BCUT2D eigenvalue weighted by Crippen LogP contribution is -2.36. The van der Waals surface area contributed by atoms with Crippen molar-refractivity contribution < 1.29 is 18.0 Å². The van der Waals surface area contributed by atoms with Gasteiger partial charge in [0.15, 0.2) is 5.78 Å². The molecule has 0 saturated carbocycles. The molecule has 3 nitrogen and oxygen atoms in total. The second-order valence-electron chi connectivity index (χ2n) is 6.26. The zero-order chi connectivity index (χ0) is 18.0. The Morgan fingerprint density at radius 2 is 1.60 bits per heavy atom. The molecule has 2 aromatic rings. The molecule has 0 unspecified atom stereocenters. The van der Waals surface area contributed by atoms with Gasteiger partial charge in [0, 0.05) is 35.9 Å². The van der Waals surface area contributed by atoms with E-state index < -0.39 is 11.7 Å². The molecule has 0 spiro atoms. The molecule has 0 bridgehead atoms. The fourth-order valence-corrected chi connectivity index (χ4v) is 3.20. The highest BCUT2D eigenvalue weighted by Crippen LogP contribution is 2.32. The van der Waals surface area contributed by atoms with E-state index in [2.05, 4.69) is 0 Å². The molecule has 6 heteroatoms. The van der Waals surface area contributed by atoms with Crippen LogP contribution in [0.15, 0.2) is 48.5 Å². The van der Waals surface area contributed by atoms with Crippen LogP contribution in [0.3, 0.4) is 0 Å². The minimum absolute atomic E-state index is 0.0465. The standard InChI is InChI=1S/C19H19F3N2O/c20-19(21,22)14-5-7-15(8-6-14)24-11-9-13(10-12-24)18(25)16-3-1-2-4-17(16)23/h1-8,13H,9-12,23H2. The van der Waals surface area contributed by atoms with E-state index in [1.807, 2.05) is 4.90 Å². The van der Waals surface area contributed by atoms with E-state index in [4.69, 9.17) is 5.73 Å². The van der Waals surface area contributed by atoms with Gasteiger partial charge < -0.3 is 10.6 Å². The quantitative estimate of drug-likeness (QED) is 0.661. The van der Waals surface area contributed by atoms with E-state index >= 15 is 0 Å². The molecule has 0 amide bonds. The first-order valence-corrected chi connectivity index (χ1v) is 8.17. The van der Waals surface area contributed by atoms with Crippen LogP contribution in [0, 0.1) is 5.92 Å². The second kappa shape index (κ2) is 6.78. The molecule has 0 aromatic heterocycles. The minimum atomic E-state index is -4.33. The van der Waals surface area contributed by atoms with Crippen molar-refractivity contribution in [2.75, 3.05) is 23.7 Å². The Labute approximate surface area is 144 Å². The number of piperidine rings is 1. The number of para-hydroxylation sites is 1. The number of carbonyl (C=O) groups is 1. The van der Waals surface area contributed by atoms with Crippen molar-refractivity contribution >= 4 is 17.2 Å². The van der Waals surface area contributed by atoms with Crippen molar-refractivity contribution in [3.63, 3.8) is 0 Å². The number of nitrogens with two attached hydrogens (primary N) is 1. The van der Waals surface area contributed by atoms with Crippen molar-refractivity contribution in [3.05, 3.63) is 59.7 Å². The van der Waals surface area contributed by atoms with Crippen molar-refractivity contribution in [3.8, 4) is 0 Å². The average molecular weight is 348 g/mol. The number of rotatable bonds is 3. The third-order valence-electron chi connectivity index (χ3n) is 4.65. The van der Waals surface area contributed by atoms with Gasteiger partial charge in [0.2, 0.25) is 0 Å². The Kier molecular flexibility index (Phi) is 4.70. The normalized spacial score (nSPS) is 16.0. The van der Waals surface area contributed by atoms with E-state index in [-0.39, 0.29) is 11.7 Å². The van der Waals surface area contributed by atoms with Crippen molar-refractivity contribution in [1.82, 2.24) is 0 Å². The molecule has 1 saturated heterocycles. The molecule has 0 aliphatic carbocycles. The van der Waals surface area contributed by atoms with Gasteiger partial charge in [0.05, 0.1) is 5.56 Å². The first-order chi connectivity index (χ1) is 11.9. The summed E-state index contributed by atoms with van der Waals surface area (Å²) in [6, 6.07) is 12.2. The molecule has 0 radical (unpaired) electrons. The zero-order valence-electron chi connectivity index (χ0n) is 13.6. The number of hydrogen-bond acceptors (Lipinski definition) is 3. The summed E-state index contributed by atoms with van der Waals surface area (Å²) in [5.41, 5.74) is 7.00. The lowest BCUT2D eigenvalue weighted by atomic mass is 9.88. The first-order valence-electron chi connectivity index (χ1n) is 8.17. The first kappa shape index (κ1) is 17.3. The molecule has 2 N–H and O–H groups in total. The molecule has 0 atom stereocenters. The average Bonchev–Trinajstić information content (AvgIpc) is 2.61. The number of alkyl halides is 3. The Morgan fingerprint density at radius 1 is 1.00 bits per heavy atom. The molecule has 25 heavy (non-hydrogen) atoms. The van der Waals surface area contributed by atoms with Crippen LogP contribution in [0.1, 0.15) is 28.8 Å². The Hall–Kier alpha value is -2.50. The van der Waals surface area contributed by atoms with Gasteiger partial charge in [0.1, 0.15) is 0 Å². The summed E-state index contributed by atoms with van der Waals surface area (Å²) in [5, 5.41) is 0. The fraction of sp³-hybridized carbons (Fsp3) is 0.316. The van der Waals surface area contributed by atoms with Crippen LogP contribution in [0.5, 0.6) is 0 Å². The second-order valence-corrected chi connectivity index (χ2v) is 6.26. The maximum Gasteiger partial charge on any atom is 0.416 e. The number of Topliss-reactive ketones (excluding diaryl/α,β-unsaturated/α-hetero) is 1. The molecule has 3 rings (SSSR count). The van der Waals surface area contributed by atoms with Gasteiger partial charge in [-0.1, -0.05) is 12.1 Å². The van der Waals surface area contributed by atoms with Gasteiger partial charge in [-0.15, -0.1) is 0 Å². The van der Waals surface area contributed by atoms with Crippen LogP contribution >= 0.6 is 0 Å². The van der Waals surface area contributed by atoms with E-state index in [9.17, 15) is 18.0 Å². The maximum atomic E-state index is 12.6. The summed E-state index contributed by atoms with van der Waals surface area (Å²) in [6.07, 6.45) is -3.00. The Balaban J connectivity index is 1.64. The largest absolute Gasteiger partial charge is 0.416 e. The Morgan fingerprint density at radius 3 is 2.16 bits per heavy atom. The third-order valence-corrected chi connectivity index (χ3v) is 4.65. The summed E-state index contributed by atoms with van der Waals surface area (Å²) in [5.74, 6) is -0.0550. The van der Waals surface area contributed by atoms with Crippen LogP contribution in [-0.2, 0) is 6.18 Å². The van der Waals surface area contributed by atoms with Gasteiger partial charge in [-0.25, -0.2) is 0 Å². The summed E-state index contributed by atoms with van der Waals surface area (Å²) in [4.78, 5) is 14.6. The Bertz CT molecular complexity index is 748. The van der Waals surface area contributed by atoms with Gasteiger partial charge in [-0.2, -0.15) is 13.2 Å². The van der Waals surface area contributed by atoms with Crippen LogP contribution in [0.4, 0.5) is 24.5 Å². The van der Waals surface area contributed by atoms with Gasteiger partial charge >= 0.3 is 6.18 Å². The lowest BCUT2D eigenvalue weighted by molar-refractivity contribution is -0.137. The van der Waals surface area contributed by atoms with E-state index in [1.54, 1.807) is 24.3 Å². The van der Waals surface area contributed by atoms with E-state index in [0.29, 0.717) is 37.2 Å². The predicted molar refractivity (Wildman–Crippen MR) is 91.6 cm³/mol. The maximum absolute atomic E-state index is 12.6. The van der Waals surface area contributed by atoms with Crippen LogP contribution in [-0.4, -0.2) is 18.9 Å². The monoisotopic (exact) mass is 348 g/mol. The van der Waals surface area contributed by atoms with Crippen molar-refractivity contribution in [2.45, 2.75) is 19.0 Å². The van der Waals surface area contributed by atoms with Crippen LogP contribution in [0.2, 0.25) is 0 Å². The highest BCUT2D eigenvalue weighted by molar-refractivity contribution is 6.02. The molecule has 1 fully saturated rings. The highest BCUT2D eigenvalue weighted by Gasteiger charge is 2.31. The number of hydrogen-bond donors (Lipinski definition) is 1. The van der Waals surface area contributed by atoms with E-state index in [0.717, 1.165) is 17.8 Å². The highest BCUT2D eigenvalue weighted by atomic mass is 19.4. The summed E-state index contributed by atoms with van der Waals surface area (Å²) < 4.78 is 37.9. The third kappa shape index (κ3) is 3.78. The number of ketones is 1. The minimum Gasteiger partial charge on any atom is -0.398 e. The van der Waals surface area contributed by atoms with E-state index in [1.165, 1.54) is 12.1 Å². The van der Waals surface area contributed by atoms with Gasteiger partial charge in [0.25, 0.3) is 0 Å². The van der Waals surface area contributed by atoms with Crippen molar-refractivity contribution in [1.29, 1.82) is 0 Å². The molecular formula is C19H19F3N2O. The number of anilines is 2. The topological polar surface area (TPSA) is 46.3 Å². The van der Waals surface area contributed by atoms with Crippen LogP contribution in [0.25, 0.3) is 0 Å². The molecular weight excluding hydrogens is 329 g/mol. The van der Waals surface area contributed by atoms with Crippen LogP contribution < -0.4 is 10.6 Å². The summed E-state index contributed by atoms with van der Waals surface area (Å²) >= 11 is 0. The molecule has 1 aliphatic heterocycles. The van der Waals surface area contributed by atoms with Crippen molar-refractivity contribution in [2.24, 2.45) is 5.92 Å². The number of carbonyl (C=O) groups excluding carboxylic acids is 1. The van der Waals surface area contributed by atoms with Gasteiger partial charge in [-0.05, 0) is 49.2 Å². The molecule has 1 heterocycles. The SMILES string of the molecule is Nc1ccccc1C(=O)C1CCN(c2ccc(C(F)(F)F)cc2)CC1. The zero-order valence-corrected chi connectivity index (χ0v) is 13.6. The number of nitrogen functional groups attached to an aromatic ring is 1. The lowest BCUT2D eigenvalue weighted by Gasteiger charge is -2.33. The smallest absolute Gasteiger partial charge is 0.398 e. The van der Waals surface area contributed by atoms with Gasteiger partial charge in [-0.3, -0.25) is 4.79 Å². The molecule has 2 aromatic carbocycles. The summed E-state index contributed by atoms with van der Waals surface area (Å²) in [6.45, 7) is 1.27. The molecule has 1 aliphatic rings.